The van der Waals surface area contributed by atoms with Gasteiger partial charge in [-0.3, -0.25) is 4.99 Å². The molecule has 2 N–H and O–H groups in total. The third-order valence-corrected chi connectivity index (χ3v) is 3.50. The lowest BCUT2D eigenvalue weighted by Gasteiger charge is -2.30. The van der Waals surface area contributed by atoms with E-state index in [1.807, 2.05) is 7.05 Å². The van der Waals surface area contributed by atoms with Crippen molar-refractivity contribution in [3.05, 3.63) is 0 Å². The van der Waals surface area contributed by atoms with Gasteiger partial charge in [0.1, 0.15) is 0 Å². The lowest BCUT2D eigenvalue weighted by atomic mass is 9.99. The van der Waals surface area contributed by atoms with Crippen molar-refractivity contribution in [1.29, 1.82) is 0 Å². The van der Waals surface area contributed by atoms with E-state index < -0.39 is 0 Å². The maximum absolute atomic E-state index is 4.26. The second-order valence-corrected chi connectivity index (χ2v) is 5.18. The summed E-state index contributed by atoms with van der Waals surface area (Å²) in [5, 5.41) is 6.83. The molecule has 100 valence electrons. The van der Waals surface area contributed by atoms with Gasteiger partial charge < -0.3 is 15.5 Å². The zero-order valence-corrected chi connectivity index (χ0v) is 11.8. The van der Waals surface area contributed by atoms with E-state index in [0.717, 1.165) is 24.8 Å². The summed E-state index contributed by atoms with van der Waals surface area (Å²) >= 11 is 0. The fraction of sp³-hybridized carbons (Fsp3) is 0.923. The SMILES string of the molecule is CCC(C)NC(=NC)NCC1CCCN(C)C1. The Morgan fingerprint density at radius 1 is 1.53 bits per heavy atom. The number of guanidine groups is 1. The molecule has 2 atom stereocenters. The summed E-state index contributed by atoms with van der Waals surface area (Å²) in [4.78, 5) is 6.68. The predicted molar refractivity (Wildman–Crippen MR) is 74.5 cm³/mol. The van der Waals surface area contributed by atoms with Gasteiger partial charge in [-0.1, -0.05) is 6.92 Å². The van der Waals surface area contributed by atoms with E-state index in [-0.39, 0.29) is 0 Å². The first kappa shape index (κ1) is 14.3. The zero-order chi connectivity index (χ0) is 12.7. The summed E-state index contributed by atoms with van der Waals surface area (Å²) < 4.78 is 0. The molecule has 1 fully saturated rings. The molecule has 4 nitrogen and oxygen atoms in total. The lowest BCUT2D eigenvalue weighted by molar-refractivity contribution is 0.210. The molecular weight excluding hydrogens is 212 g/mol. The van der Waals surface area contributed by atoms with Gasteiger partial charge in [0.15, 0.2) is 5.96 Å². The molecule has 4 heteroatoms. The first-order valence-corrected chi connectivity index (χ1v) is 6.81. The van der Waals surface area contributed by atoms with Gasteiger partial charge in [-0.05, 0) is 45.7 Å². The molecule has 0 aliphatic carbocycles. The average Bonchev–Trinajstić information content (AvgIpc) is 2.34. The molecule has 17 heavy (non-hydrogen) atoms. The molecule has 1 heterocycles. The molecule has 0 bridgehead atoms. The van der Waals surface area contributed by atoms with Gasteiger partial charge in [0.25, 0.3) is 0 Å². The smallest absolute Gasteiger partial charge is 0.191 e. The minimum Gasteiger partial charge on any atom is -0.356 e. The van der Waals surface area contributed by atoms with E-state index in [1.54, 1.807) is 0 Å². The molecule has 0 amide bonds. The molecule has 0 aromatic carbocycles. The second-order valence-electron chi connectivity index (χ2n) is 5.18. The number of hydrogen-bond acceptors (Lipinski definition) is 2. The molecule has 1 aliphatic rings. The summed E-state index contributed by atoms with van der Waals surface area (Å²) in [7, 11) is 4.04. The molecule has 0 spiro atoms. The summed E-state index contributed by atoms with van der Waals surface area (Å²) in [5.41, 5.74) is 0. The van der Waals surface area contributed by atoms with Gasteiger partial charge in [-0.15, -0.1) is 0 Å². The Kier molecular flexibility index (Phi) is 6.34. The van der Waals surface area contributed by atoms with Crippen molar-refractivity contribution in [2.24, 2.45) is 10.9 Å². The van der Waals surface area contributed by atoms with Crippen molar-refractivity contribution < 1.29 is 0 Å². The summed E-state index contributed by atoms with van der Waals surface area (Å²) in [6.45, 7) is 7.84. The van der Waals surface area contributed by atoms with Gasteiger partial charge in [0.05, 0.1) is 0 Å². The third-order valence-electron chi connectivity index (χ3n) is 3.50. The van der Waals surface area contributed by atoms with Gasteiger partial charge in [0.2, 0.25) is 0 Å². The Morgan fingerprint density at radius 3 is 2.88 bits per heavy atom. The highest BCUT2D eigenvalue weighted by Crippen LogP contribution is 2.13. The number of piperidine rings is 1. The van der Waals surface area contributed by atoms with Crippen LogP contribution in [0.25, 0.3) is 0 Å². The highest BCUT2D eigenvalue weighted by molar-refractivity contribution is 5.79. The van der Waals surface area contributed by atoms with E-state index in [1.165, 1.54) is 25.9 Å². The van der Waals surface area contributed by atoms with Crippen LogP contribution < -0.4 is 10.6 Å². The Hall–Kier alpha value is -0.770. The van der Waals surface area contributed by atoms with Crippen LogP contribution in [-0.4, -0.2) is 50.6 Å². The molecule has 0 saturated carbocycles. The maximum atomic E-state index is 4.26. The average molecular weight is 240 g/mol. The number of rotatable bonds is 4. The Bertz CT molecular complexity index is 240. The fourth-order valence-corrected chi connectivity index (χ4v) is 2.21. The topological polar surface area (TPSA) is 39.7 Å². The van der Waals surface area contributed by atoms with Crippen molar-refractivity contribution in [3.63, 3.8) is 0 Å². The minimum atomic E-state index is 0.482. The Morgan fingerprint density at radius 2 is 2.29 bits per heavy atom. The summed E-state index contributed by atoms with van der Waals surface area (Å²) in [6.07, 6.45) is 3.77. The van der Waals surface area contributed by atoms with Crippen molar-refractivity contribution in [3.8, 4) is 0 Å². The minimum absolute atomic E-state index is 0.482. The molecule has 2 unspecified atom stereocenters. The van der Waals surface area contributed by atoms with Crippen LogP contribution >= 0.6 is 0 Å². The summed E-state index contributed by atoms with van der Waals surface area (Å²) in [6, 6.07) is 0.482. The predicted octanol–water partition coefficient (Wildman–Crippen LogP) is 1.29. The quantitative estimate of drug-likeness (QED) is 0.574. The highest BCUT2D eigenvalue weighted by atomic mass is 15.2. The van der Waals surface area contributed by atoms with Crippen molar-refractivity contribution in [2.45, 2.75) is 39.2 Å². The standard InChI is InChI=1S/C13H28N4/c1-5-11(2)16-13(14-3)15-9-12-7-6-8-17(4)10-12/h11-12H,5-10H2,1-4H3,(H2,14,15,16). The largest absolute Gasteiger partial charge is 0.356 e. The van der Waals surface area contributed by atoms with Crippen LogP contribution in [0.4, 0.5) is 0 Å². The van der Waals surface area contributed by atoms with Crippen molar-refractivity contribution >= 4 is 5.96 Å². The molecule has 0 radical (unpaired) electrons. The molecular formula is C13H28N4. The van der Waals surface area contributed by atoms with Crippen LogP contribution in [0.2, 0.25) is 0 Å². The van der Waals surface area contributed by atoms with Gasteiger partial charge in [0, 0.05) is 26.2 Å². The first-order valence-electron chi connectivity index (χ1n) is 6.81. The molecule has 1 rings (SSSR count). The zero-order valence-electron chi connectivity index (χ0n) is 11.8. The van der Waals surface area contributed by atoms with E-state index in [4.69, 9.17) is 0 Å². The molecule has 1 aliphatic heterocycles. The lowest BCUT2D eigenvalue weighted by Crippen LogP contribution is -2.45. The Balaban J connectivity index is 2.27. The van der Waals surface area contributed by atoms with E-state index >= 15 is 0 Å². The molecule has 0 aromatic heterocycles. The van der Waals surface area contributed by atoms with Gasteiger partial charge in [-0.25, -0.2) is 0 Å². The maximum Gasteiger partial charge on any atom is 0.191 e. The molecule has 0 aromatic rings. The third kappa shape index (κ3) is 5.39. The van der Waals surface area contributed by atoms with Crippen LogP contribution in [0.3, 0.4) is 0 Å². The van der Waals surface area contributed by atoms with Crippen LogP contribution in [0.5, 0.6) is 0 Å². The second kappa shape index (κ2) is 7.54. The monoisotopic (exact) mass is 240 g/mol. The number of likely N-dealkylation sites (tertiary alicyclic amines) is 1. The number of nitrogens with zero attached hydrogens (tertiary/aromatic N) is 2. The first-order chi connectivity index (χ1) is 8.15. The van der Waals surface area contributed by atoms with Crippen molar-refractivity contribution in [1.82, 2.24) is 15.5 Å². The van der Waals surface area contributed by atoms with Crippen LogP contribution in [0.1, 0.15) is 33.1 Å². The van der Waals surface area contributed by atoms with Crippen LogP contribution in [0, 0.1) is 5.92 Å². The number of hydrogen-bond donors (Lipinski definition) is 2. The van der Waals surface area contributed by atoms with Gasteiger partial charge in [-0.2, -0.15) is 0 Å². The fourth-order valence-electron chi connectivity index (χ4n) is 2.21. The van der Waals surface area contributed by atoms with E-state index in [0.29, 0.717) is 6.04 Å². The van der Waals surface area contributed by atoms with E-state index in [2.05, 4.69) is 41.4 Å². The molecule has 1 saturated heterocycles. The van der Waals surface area contributed by atoms with Gasteiger partial charge >= 0.3 is 0 Å². The van der Waals surface area contributed by atoms with Crippen LogP contribution in [-0.2, 0) is 0 Å². The number of aliphatic imine (C=N–C) groups is 1. The normalized spacial score (nSPS) is 24.5. The van der Waals surface area contributed by atoms with Crippen molar-refractivity contribution in [2.75, 3.05) is 33.7 Å². The summed E-state index contributed by atoms with van der Waals surface area (Å²) in [5.74, 6) is 1.69. The number of nitrogens with one attached hydrogen (secondary N) is 2. The van der Waals surface area contributed by atoms with E-state index in [9.17, 15) is 0 Å². The van der Waals surface area contributed by atoms with Crippen LogP contribution in [0.15, 0.2) is 4.99 Å². The Labute approximate surface area is 106 Å². The highest BCUT2D eigenvalue weighted by Gasteiger charge is 2.17.